The normalized spacial score (nSPS) is 12.1. The SMILES string of the molecule is CCNC(=O)C(C)N(Cc1cccc(Br)c1)C(=O)CN(c1cc(Cl)ccc1Cl)S(=O)(=O)c1ccc(C)cc1. The highest BCUT2D eigenvalue weighted by molar-refractivity contribution is 9.10. The van der Waals surface area contributed by atoms with Crippen LogP contribution in [0.25, 0.3) is 0 Å². The van der Waals surface area contributed by atoms with Gasteiger partial charge < -0.3 is 10.2 Å². The van der Waals surface area contributed by atoms with E-state index in [0.29, 0.717) is 6.54 Å². The molecule has 2 amide bonds. The highest BCUT2D eigenvalue weighted by Crippen LogP contribution is 2.33. The minimum Gasteiger partial charge on any atom is -0.355 e. The molecule has 202 valence electrons. The molecular weight excluding hydrogens is 613 g/mol. The molecule has 3 rings (SSSR count). The average Bonchev–Trinajstić information content (AvgIpc) is 2.87. The first kappa shape index (κ1) is 30.0. The average molecular weight is 641 g/mol. The maximum atomic E-state index is 13.8. The van der Waals surface area contributed by atoms with Crippen LogP contribution >= 0.6 is 39.1 Å². The van der Waals surface area contributed by atoms with Crippen LogP contribution in [0.2, 0.25) is 10.0 Å². The minimum atomic E-state index is -4.24. The van der Waals surface area contributed by atoms with Crippen LogP contribution in [-0.2, 0) is 26.2 Å². The zero-order valence-electron chi connectivity index (χ0n) is 21.1. The maximum Gasteiger partial charge on any atom is 0.264 e. The van der Waals surface area contributed by atoms with Crippen LogP contribution in [0.15, 0.2) is 76.1 Å². The molecule has 3 aromatic carbocycles. The van der Waals surface area contributed by atoms with E-state index >= 15 is 0 Å². The van der Waals surface area contributed by atoms with Crippen LogP contribution in [0.4, 0.5) is 5.69 Å². The van der Waals surface area contributed by atoms with E-state index in [2.05, 4.69) is 21.2 Å². The predicted molar refractivity (Wildman–Crippen MR) is 155 cm³/mol. The van der Waals surface area contributed by atoms with Crippen molar-refractivity contribution in [2.24, 2.45) is 0 Å². The zero-order chi connectivity index (χ0) is 28.0. The second kappa shape index (κ2) is 13.0. The quantitative estimate of drug-likeness (QED) is 0.303. The Hall–Kier alpha value is -2.59. The summed E-state index contributed by atoms with van der Waals surface area (Å²) in [6.07, 6.45) is 0. The molecular formula is C27H28BrCl2N3O4S. The van der Waals surface area contributed by atoms with Gasteiger partial charge in [0.05, 0.1) is 15.6 Å². The highest BCUT2D eigenvalue weighted by Gasteiger charge is 2.33. The van der Waals surface area contributed by atoms with Gasteiger partial charge in [0.1, 0.15) is 12.6 Å². The monoisotopic (exact) mass is 639 g/mol. The van der Waals surface area contributed by atoms with Crippen molar-refractivity contribution in [1.29, 1.82) is 0 Å². The van der Waals surface area contributed by atoms with Gasteiger partial charge in [0.2, 0.25) is 11.8 Å². The smallest absolute Gasteiger partial charge is 0.264 e. The number of halogens is 3. The third-order valence-corrected chi connectivity index (χ3v) is 8.65. The molecule has 0 radical (unpaired) electrons. The molecule has 7 nitrogen and oxygen atoms in total. The van der Waals surface area contributed by atoms with Gasteiger partial charge in [-0.15, -0.1) is 0 Å². The molecule has 38 heavy (non-hydrogen) atoms. The van der Waals surface area contributed by atoms with Crippen LogP contribution < -0.4 is 9.62 Å². The lowest BCUT2D eigenvalue weighted by Crippen LogP contribution is -2.51. The van der Waals surface area contributed by atoms with Gasteiger partial charge in [-0.25, -0.2) is 8.42 Å². The van der Waals surface area contributed by atoms with Crippen LogP contribution in [0.1, 0.15) is 25.0 Å². The molecule has 0 saturated carbocycles. The fourth-order valence-electron chi connectivity index (χ4n) is 3.76. The fraction of sp³-hybridized carbons (Fsp3) is 0.259. The molecule has 0 saturated heterocycles. The molecule has 3 aromatic rings. The van der Waals surface area contributed by atoms with Gasteiger partial charge in [-0.05, 0) is 68.8 Å². The Labute approximate surface area is 241 Å². The lowest BCUT2D eigenvalue weighted by Gasteiger charge is -2.32. The lowest BCUT2D eigenvalue weighted by molar-refractivity contribution is -0.139. The van der Waals surface area contributed by atoms with Gasteiger partial charge in [0.15, 0.2) is 0 Å². The molecule has 0 fully saturated rings. The van der Waals surface area contributed by atoms with E-state index in [1.54, 1.807) is 26.0 Å². The molecule has 1 atom stereocenters. The van der Waals surface area contributed by atoms with Crippen LogP contribution in [0.3, 0.4) is 0 Å². The van der Waals surface area contributed by atoms with Crippen molar-refractivity contribution in [2.75, 3.05) is 17.4 Å². The Kier molecular flexibility index (Phi) is 10.2. The summed E-state index contributed by atoms with van der Waals surface area (Å²) in [4.78, 5) is 28.0. The Morgan fingerprint density at radius 3 is 2.34 bits per heavy atom. The van der Waals surface area contributed by atoms with Crippen molar-refractivity contribution in [3.8, 4) is 0 Å². The number of nitrogens with zero attached hydrogens (tertiary/aromatic N) is 2. The van der Waals surface area contributed by atoms with E-state index in [9.17, 15) is 18.0 Å². The third-order valence-electron chi connectivity index (χ3n) is 5.82. The molecule has 1 N–H and O–H groups in total. The standard InChI is InChI=1S/C27H28BrCl2N3O4S/c1-4-31-27(35)19(3)32(16-20-6-5-7-21(28)14-20)26(34)17-33(25-15-22(29)10-13-24(25)30)38(36,37)23-11-8-18(2)9-12-23/h5-15,19H,4,16-17H2,1-3H3,(H,31,35). The van der Waals surface area contributed by atoms with Crippen molar-refractivity contribution < 1.29 is 18.0 Å². The number of nitrogens with one attached hydrogen (secondary N) is 1. The summed E-state index contributed by atoms with van der Waals surface area (Å²) >= 11 is 16.0. The Morgan fingerprint density at radius 1 is 1.03 bits per heavy atom. The molecule has 0 aliphatic heterocycles. The second-order valence-corrected chi connectivity index (χ2v) is 12.3. The van der Waals surface area contributed by atoms with E-state index in [1.165, 1.54) is 35.2 Å². The summed E-state index contributed by atoms with van der Waals surface area (Å²) in [6, 6.07) is 17.1. The van der Waals surface area contributed by atoms with Gasteiger partial charge in [-0.2, -0.15) is 0 Å². The first-order chi connectivity index (χ1) is 17.9. The van der Waals surface area contributed by atoms with Crippen molar-refractivity contribution in [3.63, 3.8) is 0 Å². The van der Waals surface area contributed by atoms with Crippen LogP contribution in [0, 0.1) is 6.92 Å². The van der Waals surface area contributed by atoms with E-state index in [0.717, 1.165) is 19.9 Å². The number of hydrogen-bond acceptors (Lipinski definition) is 4. The molecule has 0 bridgehead atoms. The van der Waals surface area contributed by atoms with Crippen molar-refractivity contribution in [1.82, 2.24) is 10.2 Å². The van der Waals surface area contributed by atoms with Gasteiger partial charge in [0.25, 0.3) is 10.0 Å². The van der Waals surface area contributed by atoms with Crippen molar-refractivity contribution in [2.45, 2.75) is 38.3 Å². The largest absolute Gasteiger partial charge is 0.355 e. The first-order valence-corrected chi connectivity index (χ1v) is 14.8. The van der Waals surface area contributed by atoms with E-state index < -0.39 is 28.5 Å². The van der Waals surface area contributed by atoms with Crippen LogP contribution in [-0.4, -0.2) is 44.3 Å². The molecule has 11 heteroatoms. The number of carbonyl (C=O) groups is 2. The zero-order valence-corrected chi connectivity index (χ0v) is 25.0. The van der Waals surface area contributed by atoms with Crippen molar-refractivity contribution >= 4 is 66.7 Å². The van der Waals surface area contributed by atoms with Gasteiger partial charge in [-0.3, -0.25) is 13.9 Å². The molecule has 0 spiro atoms. The maximum absolute atomic E-state index is 13.8. The summed E-state index contributed by atoms with van der Waals surface area (Å²) in [6.45, 7) is 5.09. The second-order valence-electron chi connectivity index (χ2n) is 8.64. The van der Waals surface area contributed by atoms with E-state index in [-0.39, 0.29) is 33.1 Å². The number of rotatable bonds is 10. The van der Waals surface area contributed by atoms with Crippen LogP contribution in [0.5, 0.6) is 0 Å². The number of anilines is 1. The minimum absolute atomic E-state index is 0.0118. The van der Waals surface area contributed by atoms with Gasteiger partial charge in [0, 0.05) is 22.6 Å². The highest BCUT2D eigenvalue weighted by atomic mass is 79.9. The van der Waals surface area contributed by atoms with E-state index in [4.69, 9.17) is 23.2 Å². The Bertz CT molecular complexity index is 1420. The fourth-order valence-corrected chi connectivity index (χ4v) is 6.07. The first-order valence-electron chi connectivity index (χ1n) is 11.8. The predicted octanol–water partition coefficient (Wildman–Crippen LogP) is 5.81. The van der Waals surface area contributed by atoms with Crippen molar-refractivity contribution in [3.05, 3.63) is 92.4 Å². The van der Waals surface area contributed by atoms with Gasteiger partial charge >= 0.3 is 0 Å². The third kappa shape index (κ3) is 7.28. The summed E-state index contributed by atoms with van der Waals surface area (Å²) in [7, 11) is -4.24. The summed E-state index contributed by atoms with van der Waals surface area (Å²) in [5, 5.41) is 3.09. The molecule has 0 aliphatic rings. The summed E-state index contributed by atoms with van der Waals surface area (Å²) < 4.78 is 29.4. The number of amides is 2. The summed E-state index contributed by atoms with van der Waals surface area (Å²) in [5.74, 6) is -0.944. The Balaban J connectivity index is 2.08. The number of aryl methyl sites for hydroxylation is 1. The lowest BCUT2D eigenvalue weighted by atomic mass is 10.1. The molecule has 1 unspecified atom stereocenters. The summed E-state index contributed by atoms with van der Waals surface area (Å²) in [5.41, 5.74) is 1.70. The number of sulfonamides is 1. The molecule has 0 aromatic heterocycles. The van der Waals surface area contributed by atoms with E-state index in [1.807, 2.05) is 31.2 Å². The topological polar surface area (TPSA) is 86.8 Å². The molecule has 0 heterocycles. The number of likely N-dealkylation sites (N-methyl/N-ethyl adjacent to an activating group) is 1. The molecule has 0 aliphatic carbocycles. The van der Waals surface area contributed by atoms with Gasteiger partial charge in [-0.1, -0.05) is 69.0 Å². The number of benzene rings is 3. The number of carbonyl (C=O) groups excluding carboxylic acids is 2. The Morgan fingerprint density at radius 2 is 1.71 bits per heavy atom. The number of hydrogen-bond donors (Lipinski definition) is 1.